The molecule has 1 aliphatic rings. The maximum atomic E-state index is 10.3. The maximum Gasteiger partial charge on any atom is 0.0731 e. The minimum absolute atomic E-state index is 0.580. The van der Waals surface area contributed by atoms with Gasteiger partial charge in [0.1, 0.15) is 0 Å². The van der Waals surface area contributed by atoms with Gasteiger partial charge in [-0.25, -0.2) is 0 Å². The van der Waals surface area contributed by atoms with Crippen LogP contribution in [0.15, 0.2) is 18.2 Å². The molecular weight excluding hydrogens is 247 g/mol. The van der Waals surface area contributed by atoms with Gasteiger partial charge in [-0.3, -0.25) is 0 Å². The lowest BCUT2D eigenvalue weighted by molar-refractivity contribution is -0.0625. The Balaban J connectivity index is 2.13. The highest BCUT2D eigenvalue weighted by molar-refractivity contribution is 6.34. The molecule has 0 spiro atoms. The molecule has 1 heterocycles. The highest BCUT2D eigenvalue weighted by atomic mass is 35.5. The minimum atomic E-state index is -0.674. The van der Waals surface area contributed by atoms with Crippen LogP contribution in [0.3, 0.4) is 0 Å². The summed E-state index contributed by atoms with van der Waals surface area (Å²) in [5.74, 6) is 0. The Morgan fingerprint density at radius 2 is 1.69 bits per heavy atom. The summed E-state index contributed by atoms with van der Waals surface area (Å²) in [5, 5.41) is 11.6. The number of hydrogen-bond donors (Lipinski definition) is 1. The number of hydrogen-bond acceptors (Lipinski definition) is 2. The molecule has 0 atom stereocenters. The lowest BCUT2D eigenvalue weighted by Gasteiger charge is -2.32. The Hall–Kier alpha value is -0.280. The van der Waals surface area contributed by atoms with Crippen LogP contribution in [0.25, 0.3) is 0 Å². The van der Waals surface area contributed by atoms with Gasteiger partial charge < -0.3 is 9.84 Å². The van der Waals surface area contributed by atoms with Gasteiger partial charge in [-0.05, 0) is 36.6 Å². The first-order chi connectivity index (χ1) is 7.57. The van der Waals surface area contributed by atoms with Crippen molar-refractivity contribution in [1.29, 1.82) is 0 Å². The first-order valence-corrected chi connectivity index (χ1v) is 6.08. The van der Waals surface area contributed by atoms with Gasteiger partial charge in [0.25, 0.3) is 0 Å². The summed E-state index contributed by atoms with van der Waals surface area (Å²) in [6.45, 7) is 1.23. The van der Waals surface area contributed by atoms with Gasteiger partial charge in [-0.15, -0.1) is 0 Å². The van der Waals surface area contributed by atoms with E-state index in [1.165, 1.54) is 0 Å². The molecule has 16 heavy (non-hydrogen) atoms. The summed E-state index contributed by atoms with van der Waals surface area (Å²) in [6, 6.07) is 5.39. The van der Waals surface area contributed by atoms with E-state index in [9.17, 15) is 5.11 Å². The molecule has 0 aromatic heterocycles. The molecular formula is C12H14Cl2O2. The number of benzene rings is 1. The highest BCUT2D eigenvalue weighted by Crippen LogP contribution is 2.27. The van der Waals surface area contributed by atoms with Crippen molar-refractivity contribution >= 4 is 23.2 Å². The van der Waals surface area contributed by atoms with E-state index in [-0.39, 0.29) is 0 Å². The molecule has 0 bridgehead atoms. The molecule has 2 nitrogen and oxygen atoms in total. The van der Waals surface area contributed by atoms with Crippen molar-refractivity contribution in [3.05, 3.63) is 33.8 Å². The van der Waals surface area contributed by atoms with Crippen LogP contribution in [-0.2, 0) is 11.2 Å². The Bertz CT molecular complexity index is 353. The van der Waals surface area contributed by atoms with Crippen molar-refractivity contribution in [3.8, 4) is 0 Å². The van der Waals surface area contributed by atoms with E-state index in [0.29, 0.717) is 42.5 Å². The molecule has 0 saturated carbocycles. The third-order valence-electron chi connectivity index (χ3n) is 2.88. The van der Waals surface area contributed by atoms with Crippen LogP contribution in [0.5, 0.6) is 0 Å². The molecule has 0 aliphatic carbocycles. The lowest BCUT2D eigenvalue weighted by atomic mass is 9.87. The molecule has 88 valence electrons. The lowest BCUT2D eigenvalue weighted by Crippen LogP contribution is -2.38. The van der Waals surface area contributed by atoms with Gasteiger partial charge in [0.05, 0.1) is 5.60 Å². The summed E-state index contributed by atoms with van der Waals surface area (Å²) >= 11 is 11.8. The number of halogens is 2. The van der Waals surface area contributed by atoms with E-state index in [2.05, 4.69) is 0 Å². The third kappa shape index (κ3) is 3.11. The third-order valence-corrected chi connectivity index (χ3v) is 3.32. The maximum absolute atomic E-state index is 10.3. The topological polar surface area (TPSA) is 29.5 Å². The average Bonchev–Trinajstić information content (AvgIpc) is 2.15. The molecule has 4 heteroatoms. The molecule has 1 saturated heterocycles. The predicted molar refractivity (Wildman–Crippen MR) is 65.2 cm³/mol. The van der Waals surface area contributed by atoms with Crippen molar-refractivity contribution in [2.24, 2.45) is 0 Å². The fraction of sp³-hybridized carbons (Fsp3) is 0.500. The van der Waals surface area contributed by atoms with E-state index in [1.807, 2.05) is 12.1 Å². The highest BCUT2D eigenvalue weighted by Gasteiger charge is 2.29. The second-order valence-electron chi connectivity index (χ2n) is 4.29. The summed E-state index contributed by atoms with van der Waals surface area (Å²) in [4.78, 5) is 0. The molecule has 1 aromatic carbocycles. The van der Waals surface area contributed by atoms with Crippen molar-refractivity contribution in [3.63, 3.8) is 0 Å². The molecule has 0 radical (unpaired) electrons. The van der Waals surface area contributed by atoms with Crippen LogP contribution in [0, 0.1) is 0 Å². The number of rotatable bonds is 2. The Morgan fingerprint density at radius 3 is 2.25 bits per heavy atom. The second kappa shape index (κ2) is 4.92. The van der Waals surface area contributed by atoms with Crippen molar-refractivity contribution in [2.45, 2.75) is 24.9 Å². The van der Waals surface area contributed by atoms with Crippen molar-refractivity contribution in [2.75, 3.05) is 13.2 Å². The zero-order valence-electron chi connectivity index (χ0n) is 8.88. The van der Waals surface area contributed by atoms with E-state index < -0.39 is 5.60 Å². The Labute approximate surface area is 105 Å². The van der Waals surface area contributed by atoms with Crippen molar-refractivity contribution in [1.82, 2.24) is 0 Å². The molecule has 0 amide bonds. The average molecular weight is 261 g/mol. The number of ether oxygens (including phenoxy) is 1. The fourth-order valence-electron chi connectivity index (χ4n) is 2.02. The van der Waals surface area contributed by atoms with Crippen LogP contribution in [0.4, 0.5) is 0 Å². The van der Waals surface area contributed by atoms with Gasteiger partial charge in [0.2, 0.25) is 0 Å². The first-order valence-electron chi connectivity index (χ1n) is 5.33. The zero-order chi connectivity index (χ0) is 11.6. The SMILES string of the molecule is OC1(Cc2cc(Cl)cc(Cl)c2)CCOCC1. The molecule has 1 N–H and O–H groups in total. The van der Waals surface area contributed by atoms with Crippen LogP contribution in [0.1, 0.15) is 18.4 Å². The normalized spacial score (nSPS) is 19.7. The summed E-state index contributed by atoms with van der Waals surface area (Å²) in [6.07, 6.45) is 1.91. The standard InChI is InChI=1S/C12H14Cl2O2/c13-10-5-9(6-11(14)7-10)8-12(15)1-3-16-4-2-12/h5-7,15H,1-4,8H2. The molecule has 1 fully saturated rings. The fourth-order valence-corrected chi connectivity index (χ4v) is 2.59. The Morgan fingerprint density at radius 1 is 1.12 bits per heavy atom. The summed E-state index contributed by atoms with van der Waals surface area (Å²) in [7, 11) is 0. The van der Waals surface area contributed by atoms with Crippen molar-refractivity contribution < 1.29 is 9.84 Å². The second-order valence-corrected chi connectivity index (χ2v) is 5.16. The molecule has 1 aromatic rings. The quantitative estimate of drug-likeness (QED) is 0.886. The smallest absolute Gasteiger partial charge is 0.0731 e. The van der Waals surface area contributed by atoms with Gasteiger partial charge in [0, 0.05) is 29.7 Å². The van der Waals surface area contributed by atoms with Crippen LogP contribution in [-0.4, -0.2) is 23.9 Å². The zero-order valence-corrected chi connectivity index (χ0v) is 10.4. The molecule has 0 unspecified atom stereocenters. The summed E-state index contributed by atoms with van der Waals surface area (Å²) < 4.78 is 5.24. The number of aliphatic hydroxyl groups is 1. The molecule has 2 rings (SSSR count). The Kier molecular flexibility index (Phi) is 3.75. The monoisotopic (exact) mass is 260 g/mol. The van der Waals surface area contributed by atoms with Gasteiger partial charge in [0.15, 0.2) is 0 Å². The van der Waals surface area contributed by atoms with Gasteiger partial charge >= 0.3 is 0 Å². The van der Waals surface area contributed by atoms with Crippen LogP contribution >= 0.6 is 23.2 Å². The van der Waals surface area contributed by atoms with Crippen LogP contribution < -0.4 is 0 Å². The largest absolute Gasteiger partial charge is 0.389 e. The first kappa shape index (κ1) is 12.2. The minimum Gasteiger partial charge on any atom is -0.389 e. The van der Waals surface area contributed by atoms with E-state index in [0.717, 1.165) is 5.56 Å². The van der Waals surface area contributed by atoms with Gasteiger partial charge in [-0.1, -0.05) is 23.2 Å². The molecule has 1 aliphatic heterocycles. The van der Waals surface area contributed by atoms with Gasteiger partial charge in [-0.2, -0.15) is 0 Å². The van der Waals surface area contributed by atoms with Crippen LogP contribution in [0.2, 0.25) is 10.0 Å². The van der Waals surface area contributed by atoms with E-state index in [4.69, 9.17) is 27.9 Å². The van der Waals surface area contributed by atoms with E-state index >= 15 is 0 Å². The predicted octanol–water partition coefficient (Wildman–Crippen LogP) is 3.08. The summed E-state index contributed by atoms with van der Waals surface area (Å²) in [5.41, 5.74) is 0.300. The van der Waals surface area contributed by atoms with E-state index in [1.54, 1.807) is 6.07 Å².